The van der Waals surface area contributed by atoms with Crippen LogP contribution in [-0.4, -0.2) is 15.4 Å². The Labute approximate surface area is 110 Å². The molecule has 18 heavy (non-hydrogen) atoms. The number of nitrogens with two attached hydrogens (primary N) is 1. The third kappa shape index (κ3) is 5.37. The summed E-state index contributed by atoms with van der Waals surface area (Å²) in [4.78, 5) is 0. The lowest BCUT2D eigenvalue weighted by atomic mass is 10.2. The highest BCUT2D eigenvalue weighted by atomic mass is 32.2. The highest BCUT2D eigenvalue weighted by Gasteiger charge is 2.03. The number of benzene rings is 1. The van der Waals surface area contributed by atoms with Gasteiger partial charge in [-0.05, 0) is 18.6 Å². The van der Waals surface area contributed by atoms with E-state index in [0.717, 1.165) is 12.8 Å². The molecule has 1 aromatic rings. The first-order chi connectivity index (χ1) is 8.63. The summed E-state index contributed by atoms with van der Waals surface area (Å²) in [6.07, 6.45) is 4.53. The number of anilines is 1. The van der Waals surface area contributed by atoms with Gasteiger partial charge in [0.2, 0.25) is 0 Å². The molecule has 0 aliphatic heterocycles. The van der Waals surface area contributed by atoms with Crippen LogP contribution in [0.25, 0.3) is 0 Å². The van der Waals surface area contributed by atoms with Gasteiger partial charge in [0.15, 0.2) is 5.75 Å². The summed E-state index contributed by atoms with van der Waals surface area (Å²) >= 11 is -2.61. The van der Waals surface area contributed by atoms with Crippen LogP contribution in [0.4, 0.5) is 5.69 Å². The van der Waals surface area contributed by atoms with Crippen LogP contribution in [0.3, 0.4) is 0 Å². The van der Waals surface area contributed by atoms with Gasteiger partial charge in [0.25, 0.3) is 0 Å². The van der Waals surface area contributed by atoms with Crippen molar-refractivity contribution in [2.45, 2.75) is 32.6 Å². The van der Waals surface area contributed by atoms with Gasteiger partial charge in [-0.3, -0.25) is 0 Å². The number of unbranched alkanes of at least 4 members (excludes halogenated alkanes) is 3. The Hall–Kier alpha value is -1.27. The Morgan fingerprint density at radius 3 is 2.72 bits per heavy atom. The van der Waals surface area contributed by atoms with Crippen LogP contribution in [0, 0.1) is 0 Å². The van der Waals surface area contributed by atoms with Crippen molar-refractivity contribution in [2.24, 2.45) is 0 Å². The molecule has 5 nitrogen and oxygen atoms in total. The van der Waals surface area contributed by atoms with Crippen LogP contribution in [-0.2, 0) is 11.4 Å². The van der Waals surface area contributed by atoms with E-state index in [2.05, 4.69) is 11.1 Å². The van der Waals surface area contributed by atoms with Crippen LogP contribution in [0.15, 0.2) is 18.2 Å². The van der Waals surface area contributed by atoms with Crippen LogP contribution >= 0.6 is 0 Å². The minimum atomic E-state index is -2.61. The van der Waals surface area contributed by atoms with Crippen molar-refractivity contribution >= 4 is 17.0 Å². The molecule has 0 saturated carbocycles. The molecule has 0 saturated heterocycles. The Bertz CT molecular complexity index is 398. The predicted molar refractivity (Wildman–Crippen MR) is 70.0 cm³/mol. The Morgan fingerprint density at radius 1 is 1.33 bits per heavy atom. The molecule has 1 atom stereocenters. The zero-order valence-electron chi connectivity index (χ0n) is 10.4. The largest absolute Gasteiger partial charge is 0.740 e. The van der Waals surface area contributed by atoms with E-state index in [1.165, 1.54) is 18.9 Å². The lowest BCUT2D eigenvalue weighted by Crippen LogP contribution is -2.02. The van der Waals surface area contributed by atoms with E-state index in [-0.39, 0.29) is 11.4 Å². The minimum absolute atomic E-state index is 0.113. The van der Waals surface area contributed by atoms with Crippen LogP contribution < -0.4 is 14.7 Å². The molecular weight excluding hydrogens is 254 g/mol. The average Bonchev–Trinajstić information content (AvgIpc) is 2.32. The first-order valence-electron chi connectivity index (χ1n) is 5.93. The number of ether oxygens (including phenoxy) is 1. The second-order valence-electron chi connectivity index (χ2n) is 3.90. The lowest BCUT2D eigenvalue weighted by Gasteiger charge is -2.11. The fraction of sp³-hybridized carbons (Fsp3) is 0.500. The molecule has 1 rings (SSSR count). The summed E-state index contributed by atoms with van der Waals surface area (Å²) in [6, 6.07) is 4.67. The molecule has 0 heterocycles. The Balaban J connectivity index is 2.43. The van der Waals surface area contributed by atoms with Crippen LogP contribution in [0.1, 0.15) is 32.6 Å². The minimum Gasteiger partial charge on any atom is -0.740 e. The van der Waals surface area contributed by atoms with E-state index < -0.39 is 11.4 Å². The molecule has 0 spiro atoms. The predicted octanol–water partition coefficient (Wildman–Crippen LogP) is 2.40. The van der Waals surface area contributed by atoms with Crippen LogP contribution in [0.2, 0.25) is 0 Å². The SMILES string of the molecule is CCCCCCOc1ccc(OS(=O)[O-])c(N)c1. The van der Waals surface area contributed by atoms with Gasteiger partial charge in [-0.2, -0.15) is 0 Å². The number of hydrogen-bond acceptors (Lipinski definition) is 5. The Kier molecular flexibility index (Phi) is 6.53. The maximum atomic E-state index is 10.4. The summed E-state index contributed by atoms with van der Waals surface area (Å²) in [6.45, 7) is 2.79. The molecule has 1 unspecified atom stereocenters. The van der Waals surface area contributed by atoms with Crippen molar-refractivity contribution in [2.75, 3.05) is 12.3 Å². The summed E-state index contributed by atoms with van der Waals surface area (Å²) in [5.41, 5.74) is 5.88. The van der Waals surface area contributed by atoms with E-state index in [1.54, 1.807) is 12.1 Å². The normalized spacial score (nSPS) is 12.1. The van der Waals surface area contributed by atoms with Crippen molar-refractivity contribution < 1.29 is 17.7 Å². The third-order valence-corrected chi connectivity index (χ3v) is 2.72. The summed E-state index contributed by atoms with van der Waals surface area (Å²) < 4.78 is 30.7. The zero-order chi connectivity index (χ0) is 13.4. The molecule has 0 amide bonds. The Morgan fingerprint density at radius 2 is 2.11 bits per heavy atom. The van der Waals surface area contributed by atoms with Gasteiger partial charge in [0.05, 0.1) is 12.3 Å². The van der Waals surface area contributed by atoms with Gasteiger partial charge >= 0.3 is 0 Å². The smallest absolute Gasteiger partial charge is 0.162 e. The summed E-state index contributed by atoms with van der Waals surface area (Å²) in [5, 5.41) is 0. The van der Waals surface area contributed by atoms with Crippen molar-refractivity contribution in [3.05, 3.63) is 18.2 Å². The van der Waals surface area contributed by atoms with Gasteiger partial charge in [-0.25, -0.2) is 4.21 Å². The highest BCUT2D eigenvalue weighted by Crippen LogP contribution is 2.27. The zero-order valence-corrected chi connectivity index (χ0v) is 11.2. The van der Waals surface area contributed by atoms with Crippen molar-refractivity contribution in [1.29, 1.82) is 0 Å². The number of hydrogen-bond donors (Lipinski definition) is 1. The van der Waals surface area contributed by atoms with Crippen LogP contribution in [0.5, 0.6) is 11.5 Å². The van der Waals surface area contributed by atoms with E-state index in [0.29, 0.717) is 12.4 Å². The first kappa shape index (κ1) is 14.8. The monoisotopic (exact) mass is 272 g/mol. The second kappa shape index (κ2) is 7.94. The van der Waals surface area contributed by atoms with Gasteiger partial charge in [0.1, 0.15) is 17.1 Å². The maximum absolute atomic E-state index is 10.4. The molecule has 0 bridgehead atoms. The third-order valence-electron chi connectivity index (χ3n) is 2.41. The molecule has 0 aliphatic carbocycles. The van der Waals surface area contributed by atoms with Gasteiger partial charge in [0, 0.05) is 6.07 Å². The van der Waals surface area contributed by atoms with E-state index in [4.69, 9.17) is 10.5 Å². The molecule has 6 heteroatoms. The molecule has 1 aromatic carbocycles. The topological polar surface area (TPSA) is 84.6 Å². The van der Waals surface area contributed by atoms with Crippen molar-refractivity contribution in [3.63, 3.8) is 0 Å². The first-order valence-corrected chi connectivity index (χ1v) is 6.93. The quantitative estimate of drug-likeness (QED) is 0.446. The highest BCUT2D eigenvalue weighted by molar-refractivity contribution is 7.74. The molecule has 2 N–H and O–H groups in total. The fourth-order valence-electron chi connectivity index (χ4n) is 1.48. The summed E-state index contributed by atoms with van der Waals surface area (Å²) in [7, 11) is 0. The number of nitrogen functional groups attached to an aromatic ring is 1. The lowest BCUT2D eigenvalue weighted by molar-refractivity contribution is 0.305. The number of rotatable bonds is 8. The van der Waals surface area contributed by atoms with Gasteiger partial charge in [-0.15, -0.1) is 0 Å². The van der Waals surface area contributed by atoms with E-state index in [1.807, 2.05) is 0 Å². The molecule has 0 radical (unpaired) electrons. The fourth-order valence-corrected chi connectivity index (χ4v) is 1.78. The maximum Gasteiger partial charge on any atom is 0.162 e. The molecule has 102 valence electrons. The average molecular weight is 272 g/mol. The van der Waals surface area contributed by atoms with E-state index >= 15 is 0 Å². The molecule has 0 fully saturated rings. The van der Waals surface area contributed by atoms with Crippen molar-refractivity contribution in [3.8, 4) is 11.5 Å². The standard InChI is InChI=1S/C12H19NO4S/c1-2-3-4-5-8-16-10-6-7-12(11(13)9-10)17-18(14)15/h6-7,9H,2-5,8,13H2,1H3,(H,14,15)/p-1. The summed E-state index contributed by atoms with van der Waals surface area (Å²) in [5.74, 6) is 0.731. The van der Waals surface area contributed by atoms with Crippen molar-refractivity contribution in [1.82, 2.24) is 0 Å². The van der Waals surface area contributed by atoms with Gasteiger partial charge in [-0.1, -0.05) is 26.2 Å². The second-order valence-corrected chi connectivity index (χ2v) is 4.47. The van der Waals surface area contributed by atoms with Gasteiger partial charge < -0.3 is 19.2 Å². The van der Waals surface area contributed by atoms with E-state index in [9.17, 15) is 8.76 Å². The molecule has 0 aliphatic rings. The molecular formula is C12H18NO4S-. The molecule has 0 aromatic heterocycles.